The lowest BCUT2D eigenvalue weighted by Crippen LogP contribution is -2.12. The van der Waals surface area contributed by atoms with Crippen molar-refractivity contribution in [2.45, 2.75) is 19.8 Å². The maximum atomic E-state index is 12.2. The highest BCUT2D eigenvalue weighted by Gasteiger charge is 2.13. The van der Waals surface area contributed by atoms with Crippen molar-refractivity contribution in [2.24, 2.45) is 0 Å². The minimum absolute atomic E-state index is 0.175. The molecule has 1 amide bonds. The smallest absolute Gasteiger partial charge is 0.247 e. The second-order valence-electron chi connectivity index (χ2n) is 6.19. The number of carbonyl (C=O) groups is 1. The van der Waals surface area contributed by atoms with E-state index >= 15 is 0 Å². The SMILES string of the molecule is Cc1ccc(-c2nnc(CCC(=O)Nc3nnc(-c4ccccc4)s3)o2)cc1. The van der Waals surface area contributed by atoms with Crippen molar-refractivity contribution in [2.75, 3.05) is 5.32 Å². The molecule has 28 heavy (non-hydrogen) atoms. The van der Waals surface area contributed by atoms with Crippen molar-refractivity contribution in [1.82, 2.24) is 20.4 Å². The van der Waals surface area contributed by atoms with E-state index in [4.69, 9.17) is 4.42 Å². The zero-order valence-electron chi connectivity index (χ0n) is 15.1. The van der Waals surface area contributed by atoms with Gasteiger partial charge >= 0.3 is 0 Å². The van der Waals surface area contributed by atoms with Crippen LogP contribution in [0.4, 0.5) is 5.13 Å². The molecule has 0 unspecified atom stereocenters. The predicted octanol–water partition coefficient (Wildman–Crippen LogP) is 4.13. The van der Waals surface area contributed by atoms with Crippen molar-refractivity contribution in [1.29, 1.82) is 0 Å². The number of benzene rings is 2. The van der Waals surface area contributed by atoms with Crippen LogP contribution in [0.3, 0.4) is 0 Å². The highest BCUT2D eigenvalue weighted by molar-refractivity contribution is 7.18. The number of anilines is 1. The number of carbonyl (C=O) groups excluding carboxylic acids is 1. The van der Waals surface area contributed by atoms with Gasteiger partial charge in [0.05, 0.1) is 0 Å². The van der Waals surface area contributed by atoms with E-state index in [9.17, 15) is 4.79 Å². The first-order valence-corrected chi connectivity index (χ1v) is 9.57. The predicted molar refractivity (Wildman–Crippen MR) is 107 cm³/mol. The van der Waals surface area contributed by atoms with Crippen molar-refractivity contribution >= 4 is 22.4 Å². The van der Waals surface area contributed by atoms with Crippen molar-refractivity contribution in [3.63, 3.8) is 0 Å². The summed E-state index contributed by atoms with van der Waals surface area (Å²) in [6, 6.07) is 17.5. The summed E-state index contributed by atoms with van der Waals surface area (Å²) < 4.78 is 5.64. The second kappa shape index (κ2) is 8.10. The van der Waals surface area contributed by atoms with Gasteiger partial charge in [0, 0.05) is 24.0 Å². The molecule has 0 aliphatic heterocycles. The highest BCUT2D eigenvalue weighted by atomic mass is 32.1. The molecule has 1 N–H and O–H groups in total. The van der Waals surface area contributed by atoms with Gasteiger partial charge in [-0.15, -0.1) is 20.4 Å². The molecule has 4 rings (SSSR count). The average Bonchev–Trinajstić information content (AvgIpc) is 3.37. The number of nitrogens with zero attached hydrogens (tertiary/aromatic N) is 4. The van der Waals surface area contributed by atoms with Crippen molar-refractivity contribution in [3.05, 3.63) is 66.1 Å². The molecule has 0 aliphatic rings. The molecule has 7 nitrogen and oxygen atoms in total. The minimum Gasteiger partial charge on any atom is -0.421 e. The standard InChI is InChI=1S/C20H17N5O2S/c1-13-7-9-14(10-8-13)18-23-22-17(27-18)12-11-16(26)21-20-25-24-19(28-20)15-5-3-2-4-6-15/h2-10H,11-12H2,1H3,(H,21,25,26). The van der Waals surface area contributed by atoms with Gasteiger partial charge in [0.25, 0.3) is 0 Å². The Balaban J connectivity index is 1.33. The van der Waals surface area contributed by atoms with E-state index in [0.717, 1.165) is 21.7 Å². The van der Waals surface area contributed by atoms with Crippen LogP contribution in [0, 0.1) is 6.92 Å². The number of aromatic nitrogens is 4. The molecule has 0 radical (unpaired) electrons. The number of hydrogen-bond donors (Lipinski definition) is 1. The first-order chi connectivity index (χ1) is 13.7. The molecule has 2 aromatic heterocycles. The fourth-order valence-corrected chi connectivity index (χ4v) is 3.31. The minimum atomic E-state index is -0.175. The van der Waals surface area contributed by atoms with Gasteiger partial charge in [0.1, 0.15) is 5.01 Å². The van der Waals surface area contributed by atoms with Crippen LogP contribution in [-0.2, 0) is 11.2 Å². The average molecular weight is 391 g/mol. The van der Waals surface area contributed by atoms with Gasteiger partial charge < -0.3 is 9.73 Å². The van der Waals surface area contributed by atoms with Crippen LogP contribution in [0.5, 0.6) is 0 Å². The molecule has 0 atom stereocenters. The third-order valence-corrected chi connectivity index (χ3v) is 4.91. The van der Waals surface area contributed by atoms with Gasteiger partial charge in [-0.2, -0.15) is 0 Å². The maximum Gasteiger partial charge on any atom is 0.247 e. The lowest BCUT2D eigenvalue weighted by atomic mass is 10.1. The van der Waals surface area contributed by atoms with Gasteiger partial charge in [-0.25, -0.2) is 0 Å². The zero-order valence-corrected chi connectivity index (χ0v) is 15.9. The van der Waals surface area contributed by atoms with Crippen LogP contribution in [0.15, 0.2) is 59.0 Å². The Kier molecular flexibility index (Phi) is 5.20. The number of aryl methyl sites for hydroxylation is 2. The molecule has 0 fully saturated rings. The summed E-state index contributed by atoms with van der Waals surface area (Å²) in [4.78, 5) is 12.2. The van der Waals surface area contributed by atoms with Gasteiger partial charge in [-0.3, -0.25) is 4.79 Å². The molecule has 4 aromatic rings. The molecule has 2 aromatic carbocycles. The fourth-order valence-electron chi connectivity index (χ4n) is 2.54. The second-order valence-corrected chi connectivity index (χ2v) is 7.17. The van der Waals surface area contributed by atoms with Crippen molar-refractivity contribution in [3.8, 4) is 22.0 Å². The van der Waals surface area contributed by atoms with Gasteiger partial charge in [0.15, 0.2) is 0 Å². The van der Waals surface area contributed by atoms with E-state index in [0.29, 0.717) is 23.3 Å². The molecule has 8 heteroatoms. The van der Waals surface area contributed by atoms with E-state index in [1.54, 1.807) is 0 Å². The summed E-state index contributed by atoms with van der Waals surface area (Å²) >= 11 is 1.33. The molecule has 0 saturated carbocycles. The van der Waals surface area contributed by atoms with Crippen LogP contribution in [0.25, 0.3) is 22.0 Å². The first kappa shape index (κ1) is 18.0. The normalized spacial score (nSPS) is 10.8. The number of amides is 1. The summed E-state index contributed by atoms with van der Waals surface area (Å²) in [7, 11) is 0. The highest BCUT2D eigenvalue weighted by Crippen LogP contribution is 2.26. The summed E-state index contributed by atoms with van der Waals surface area (Å²) in [6.07, 6.45) is 0.574. The van der Waals surface area contributed by atoms with E-state index in [-0.39, 0.29) is 12.3 Å². The molecule has 140 valence electrons. The number of rotatable bonds is 6. The summed E-state index contributed by atoms with van der Waals surface area (Å²) in [5.74, 6) is 0.700. The lowest BCUT2D eigenvalue weighted by Gasteiger charge is -1.98. The molecule has 0 saturated heterocycles. The van der Waals surface area contributed by atoms with Crippen LogP contribution in [-0.4, -0.2) is 26.3 Å². The Morgan fingerprint density at radius 1 is 0.964 bits per heavy atom. The van der Waals surface area contributed by atoms with Gasteiger partial charge in [-0.05, 0) is 19.1 Å². The van der Waals surface area contributed by atoms with Gasteiger partial charge in [-0.1, -0.05) is 59.4 Å². The molecular weight excluding hydrogens is 374 g/mol. The molecular formula is C20H17N5O2S. The first-order valence-electron chi connectivity index (χ1n) is 8.75. The Labute approximate surface area is 165 Å². The van der Waals surface area contributed by atoms with E-state index < -0.39 is 0 Å². The summed E-state index contributed by atoms with van der Waals surface area (Å²) in [6.45, 7) is 2.02. The Morgan fingerprint density at radius 2 is 1.75 bits per heavy atom. The topological polar surface area (TPSA) is 93.8 Å². The van der Waals surface area contributed by atoms with Crippen LogP contribution >= 0.6 is 11.3 Å². The summed E-state index contributed by atoms with van der Waals surface area (Å²) in [5, 5.41) is 20.2. The monoisotopic (exact) mass is 391 g/mol. The van der Waals surface area contributed by atoms with Crippen LogP contribution < -0.4 is 5.32 Å². The third kappa shape index (κ3) is 4.29. The van der Waals surface area contributed by atoms with E-state index in [2.05, 4.69) is 25.7 Å². The Hall–Kier alpha value is -3.39. The lowest BCUT2D eigenvalue weighted by molar-refractivity contribution is -0.116. The molecule has 2 heterocycles. The quantitative estimate of drug-likeness (QED) is 0.531. The Bertz CT molecular complexity index is 1070. The number of nitrogens with one attached hydrogen (secondary N) is 1. The largest absolute Gasteiger partial charge is 0.421 e. The molecule has 0 aliphatic carbocycles. The third-order valence-electron chi connectivity index (χ3n) is 4.02. The van der Waals surface area contributed by atoms with Crippen LogP contribution in [0.2, 0.25) is 0 Å². The van der Waals surface area contributed by atoms with E-state index in [1.165, 1.54) is 11.3 Å². The Morgan fingerprint density at radius 3 is 2.54 bits per heavy atom. The zero-order chi connectivity index (χ0) is 19.3. The number of hydrogen-bond acceptors (Lipinski definition) is 7. The summed E-state index contributed by atoms with van der Waals surface area (Å²) in [5.41, 5.74) is 2.98. The molecule has 0 spiro atoms. The fraction of sp³-hybridized carbons (Fsp3) is 0.150. The van der Waals surface area contributed by atoms with E-state index in [1.807, 2.05) is 61.5 Å². The maximum absolute atomic E-state index is 12.2. The van der Waals surface area contributed by atoms with Crippen molar-refractivity contribution < 1.29 is 9.21 Å². The molecule has 0 bridgehead atoms. The van der Waals surface area contributed by atoms with Crippen LogP contribution in [0.1, 0.15) is 17.9 Å². The van der Waals surface area contributed by atoms with Gasteiger partial charge in [0.2, 0.25) is 22.8 Å².